The number of piperidine rings is 1. The van der Waals surface area contributed by atoms with Crippen molar-refractivity contribution in [1.29, 1.82) is 0 Å². The molecule has 0 aromatic carbocycles. The second kappa shape index (κ2) is 6.50. The zero-order chi connectivity index (χ0) is 12.8. The van der Waals surface area contributed by atoms with Gasteiger partial charge in [0.2, 0.25) is 5.91 Å². The lowest BCUT2D eigenvalue weighted by molar-refractivity contribution is -0.116. The molecule has 1 aromatic rings. The first-order chi connectivity index (χ1) is 8.74. The molecule has 4 nitrogen and oxygen atoms in total. The van der Waals surface area contributed by atoms with E-state index in [1.165, 1.54) is 12.8 Å². The number of nitrogens with one attached hydrogen (secondary N) is 2. The van der Waals surface area contributed by atoms with Gasteiger partial charge < -0.3 is 10.6 Å². The quantitative estimate of drug-likeness (QED) is 0.856. The molecule has 1 amide bonds. The number of nitrogens with zero attached hydrogens (tertiary/aromatic N) is 1. The van der Waals surface area contributed by atoms with Gasteiger partial charge >= 0.3 is 0 Å². The SMILES string of the molecule is Cc1cncc(NC(=O)CCC2CCNCC2)c1. The minimum absolute atomic E-state index is 0.0981. The summed E-state index contributed by atoms with van der Waals surface area (Å²) in [5, 5.41) is 6.24. The van der Waals surface area contributed by atoms with Gasteiger partial charge in [0.1, 0.15) is 0 Å². The maximum Gasteiger partial charge on any atom is 0.224 e. The molecule has 0 atom stereocenters. The molecule has 18 heavy (non-hydrogen) atoms. The van der Waals surface area contributed by atoms with E-state index in [9.17, 15) is 4.79 Å². The number of rotatable bonds is 4. The maximum atomic E-state index is 11.8. The molecule has 0 unspecified atom stereocenters. The third-order valence-corrected chi connectivity index (χ3v) is 3.40. The van der Waals surface area contributed by atoms with Crippen molar-refractivity contribution >= 4 is 11.6 Å². The smallest absolute Gasteiger partial charge is 0.224 e. The Bertz CT molecular complexity index is 400. The Labute approximate surface area is 108 Å². The van der Waals surface area contributed by atoms with Crippen LogP contribution in [0.1, 0.15) is 31.2 Å². The van der Waals surface area contributed by atoms with Crippen molar-refractivity contribution in [3.05, 3.63) is 24.0 Å². The van der Waals surface area contributed by atoms with Gasteiger partial charge in [-0.05, 0) is 56.8 Å². The molecular formula is C14H21N3O. The number of carbonyl (C=O) groups excluding carboxylic acids is 1. The standard InChI is InChI=1S/C14H21N3O/c1-11-8-13(10-16-9-11)17-14(18)3-2-12-4-6-15-7-5-12/h8-10,12,15H,2-7H2,1H3,(H,17,18). The van der Waals surface area contributed by atoms with E-state index in [0.717, 1.165) is 30.8 Å². The average Bonchev–Trinajstić information content (AvgIpc) is 2.38. The fourth-order valence-corrected chi connectivity index (χ4v) is 2.35. The van der Waals surface area contributed by atoms with Crippen LogP contribution in [0, 0.1) is 12.8 Å². The van der Waals surface area contributed by atoms with E-state index in [1.54, 1.807) is 12.4 Å². The van der Waals surface area contributed by atoms with Gasteiger partial charge in [-0.15, -0.1) is 0 Å². The van der Waals surface area contributed by atoms with Crippen molar-refractivity contribution in [2.75, 3.05) is 18.4 Å². The minimum atomic E-state index is 0.0981. The summed E-state index contributed by atoms with van der Waals surface area (Å²) in [6.45, 7) is 4.15. The van der Waals surface area contributed by atoms with E-state index in [4.69, 9.17) is 0 Å². The molecule has 2 N–H and O–H groups in total. The van der Waals surface area contributed by atoms with Crippen molar-refractivity contribution in [2.24, 2.45) is 5.92 Å². The first kappa shape index (κ1) is 13.0. The summed E-state index contributed by atoms with van der Waals surface area (Å²) in [4.78, 5) is 15.9. The van der Waals surface area contributed by atoms with Crippen LogP contribution in [0.3, 0.4) is 0 Å². The Balaban J connectivity index is 1.74. The van der Waals surface area contributed by atoms with E-state index >= 15 is 0 Å². The second-order valence-corrected chi connectivity index (χ2v) is 5.03. The zero-order valence-electron chi connectivity index (χ0n) is 10.9. The molecule has 4 heteroatoms. The van der Waals surface area contributed by atoms with Crippen LogP contribution < -0.4 is 10.6 Å². The fourth-order valence-electron chi connectivity index (χ4n) is 2.35. The van der Waals surface area contributed by atoms with E-state index in [0.29, 0.717) is 12.3 Å². The van der Waals surface area contributed by atoms with E-state index in [1.807, 2.05) is 13.0 Å². The number of aromatic nitrogens is 1. The lowest BCUT2D eigenvalue weighted by Gasteiger charge is -2.22. The zero-order valence-corrected chi connectivity index (χ0v) is 10.9. The Morgan fingerprint density at radius 1 is 1.44 bits per heavy atom. The van der Waals surface area contributed by atoms with Crippen LogP contribution in [0.25, 0.3) is 0 Å². The van der Waals surface area contributed by atoms with Crippen molar-refractivity contribution in [1.82, 2.24) is 10.3 Å². The molecule has 1 aromatic heterocycles. The Kier molecular flexibility index (Phi) is 4.70. The van der Waals surface area contributed by atoms with Crippen LogP contribution >= 0.6 is 0 Å². The van der Waals surface area contributed by atoms with Crippen LogP contribution in [-0.2, 0) is 4.79 Å². The average molecular weight is 247 g/mol. The molecule has 0 radical (unpaired) electrons. The number of aryl methyl sites for hydroxylation is 1. The van der Waals surface area contributed by atoms with Gasteiger partial charge in [-0.2, -0.15) is 0 Å². The fraction of sp³-hybridized carbons (Fsp3) is 0.571. The molecule has 0 spiro atoms. The van der Waals surface area contributed by atoms with Gasteiger partial charge in [0, 0.05) is 12.6 Å². The highest BCUT2D eigenvalue weighted by Crippen LogP contribution is 2.18. The van der Waals surface area contributed by atoms with E-state index in [-0.39, 0.29) is 5.91 Å². The summed E-state index contributed by atoms with van der Waals surface area (Å²) >= 11 is 0. The third-order valence-electron chi connectivity index (χ3n) is 3.40. The van der Waals surface area contributed by atoms with Gasteiger partial charge in [-0.3, -0.25) is 9.78 Å². The monoisotopic (exact) mass is 247 g/mol. The number of anilines is 1. The molecule has 1 aliphatic rings. The second-order valence-electron chi connectivity index (χ2n) is 5.03. The summed E-state index contributed by atoms with van der Waals surface area (Å²) in [6.07, 6.45) is 7.46. The summed E-state index contributed by atoms with van der Waals surface area (Å²) in [5.74, 6) is 0.800. The van der Waals surface area contributed by atoms with Crippen LogP contribution in [0.15, 0.2) is 18.5 Å². The number of carbonyl (C=O) groups is 1. The van der Waals surface area contributed by atoms with Crippen molar-refractivity contribution in [3.8, 4) is 0 Å². The largest absolute Gasteiger partial charge is 0.325 e. The van der Waals surface area contributed by atoms with E-state index < -0.39 is 0 Å². The molecule has 0 aliphatic carbocycles. The maximum absolute atomic E-state index is 11.8. The Morgan fingerprint density at radius 3 is 2.94 bits per heavy atom. The predicted octanol–water partition coefficient (Wildman–Crippen LogP) is 2.11. The molecule has 0 bridgehead atoms. The lowest BCUT2D eigenvalue weighted by atomic mass is 9.93. The van der Waals surface area contributed by atoms with Crippen molar-refractivity contribution in [3.63, 3.8) is 0 Å². The molecule has 2 heterocycles. The molecule has 1 aliphatic heterocycles. The Hall–Kier alpha value is -1.42. The normalized spacial score (nSPS) is 16.5. The Morgan fingerprint density at radius 2 is 2.22 bits per heavy atom. The van der Waals surface area contributed by atoms with Crippen LogP contribution in [0.4, 0.5) is 5.69 Å². The molecule has 1 fully saturated rings. The molecule has 0 saturated carbocycles. The highest BCUT2D eigenvalue weighted by molar-refractivity contribution is 5.90. The lowest BCUT2D eigenvalue weighted by Crippen LogP contribution is -2.28. The summed E-state index contributed by atoms with van der Waals surface area (Å²) in [7, 11) is 0. The van der Waals surface area contributed by atoms with E-state index in [2.05, 4.69) is 15.6 Å². The first-order valence-electron chi connectivity index (χ1n) is 6.66. The highest BCUT2D eigenvalue weighted by atomic mass is 16.1. The molecule has 1 saturated heterocycles. The van der Waals surface area contributed by atoms with Gasteiger partial charge in [0.05, 0.1) is 11.9 Å². The summed E-state index contributed by atoms with van der Waals surface area (Å²) in [5.41, 5.74) is 1.86. The number of hydrogen-bond acceptors (Lipinski definition) is 3. The first-order valence-corrected chi connectivity index (χ1v) is 6.66. The van der Waals surface area contributed by atoms with Gasteiger partial charge in [-0.25, -0.2) is 0 Å². The third kappa shape index (κ3) is 4.11. The molecule has 2 rings (SSSR count). The topological polar surface area (TPSA) is 54.0 Å². The predicted molar refractivity (Wildman–Crippen MR) is 72.4 cm³/mol. The van der Waals surface area contributed by atoms with Gasteiger partial charge in [0.25, 0.3) is 0 Å². The molecule has 98 valence electrons. The number of amides is 1. The van der Waals surface area contributed by atoms with Crippen LogP contribution in [-0.4, -0.2) is 24.0 Å². The van der Waals surface area contributed by atoms with Crippen LogP contribution in [0.5, 0.6) is 0 Å². The number of pyridine rings is 1. The number of hydrogen-bond donors (Lipinski definition) is 2. The summed E-state index contributed by atoms with van der Waals surface area (Å²) in [6, 6.07) is 1.94. The van der Waals surface area contributed by atoms with Gasteiger partial charge in [0.15, 0.2) is 0 Å². The van der Waals surface area contributed by atoms with Crippen molar-refractivity contribution in [2.45, 2.75) is 32.6 Å². The van der Waals surface area contributed by atoms with Crippen LogP contribution in [0.2, 0.25) is 0 Å². The minimum Gasteiger partial charge on any atom is -0.325 e. The summed E-state index contributed by atoms with van der Waals surface area (Å²) < 4.78 is 0. The molecular weight excluding hydrogens is 226 g/mol. The highest BCUT2D eigenvalue weighted by Gasteiger charge is 2.14. The van der Waals surface area contributed by atoms with Crippen molar-refractivity contribution < 1.29 is 4.79 Å². The van der Waals surface area contributed by atoms with Gasteiger partial charge in [-0.1, -0.05) is 0 Å².